The molecule has 134 valence electrons. The van der Waals surface area contributed by atoms with Gasteiger partial charge in [-0.2, -0.15) is 0 Å². The van der Waals surface area contributed by atoms with E-state index in [0.717, 1.165) is 18.2 Å². The van der Waals surface area contributed by atoms with Crippen molar-refractivity contribution < 1.29 is 13.9 Å². The van der Waals surface area contributed by atoms with Crippen LogP contribution in [0.4, 0.5) is 0 Å². The number of aromatic nitrogens is 3. The molecule has 7 nitrogen and oxygen atoms in total. The maximum Gasteiger partial charge on any atom is 0.199 e. The summed E-state index contributed by atoms with van der Waals surface area (Å²) in [6, 6.07) is 3.49. The molecule has 1 atom stereocenters. The third-order valence-corrected chi connectivity index (χ3v) is 5.38. The van der Waals surface area contributed by atoms with Crippen LogP contribution in [0.15, 0.2) is 22.8 Å². The van der Waals surface area contributed by atoms with Crippen molar-refractivity contribution >= 4 is 5.78 Å². The zero-order valence-electron chi connectivity index (χ0n) is 14.6. The highest BCUT2D eigenvalue weighted by Gasteiger charge is 2.29. The molecule has 1 saturated carbocycles. The Kier molecular flexibility index (Phi) is 4.67. The number of hydrogen-bond acceptors (Lipinski definition) is 6. The maximum absolute atomic E-state index is 12.4. The van der Waals surface area contributed by atoms with E-state index in [0.29, 0.717) is 37.9 Å². The van der Waals surface area contributed by atoms with Crippen LogP contribution in [-0.2, 0) is 18.3 Å². The highest BCUT2D eigenvalue weighted by Crippen LogP contribution is 2.35. The zero-order chi connectivity index (χ0) is 17.2. The Balaban J connectivity index is 1.44. The predicted molar refractivity (Wildman–Crippen MR) is 90.3 cm³/mol. The van der Waals surface area contributed by atoms with Crippen molar-refractivity contribution in [2.75, 3.05) is 19.8 Å². The lowest BCUT2D eigenvalue weighted by atomic mass is 9.85. The van der Waals surface area contributed by atoms with Gasteiger partial charge in [-0.3, -0.25) is 9.69 Å². The van der Waals surface area contributed by atoms with Crippen molar-refractivity contribution in [1.29, 1.82) is 0 Å². The van der Waals surface area contributed by atoms with Crippen LogP contribution in [0.25, 0.3) is 0 Å². The van der Waals surface area contributed by atoms with Gasteiger partial charge in [0.05, 0.1) is 26.0 Å². The Morgan fingerprint density at radius 2 is 2.24 bits per heavy atom. The topological polar surface area (TPSA) is 73.4 Å². The van der Waals surface area contributed by atoms with Crippen LogP contribution < -0.4 is 0 Å². The van der Waals surface area contributed by atoms with Crippen LogP contribution in [0.5, 0.6) is 0 Å². The molecule has 2 fully saturated rings. The molecule has 1 saturated heterocycles. The summed E-state index contributed by atoms with van der Waals surface area (Å²) in [5, 5.41) is 8.81. The van der Waals surface area contributed by atoms with Crippen LogP contribution >= 0.6 is 0 Å². The lowest BCUT2D eigenvalue weighted by molar-refractivity contribution is -0.0143. The number of ether oxygens (including phenoxy) is 1. The number of Topliss-reactive ketones (excluding diaryl/α,β-unsaturated/α-hetero) is 1. The molecule has 0 amide bonds. The normalized spacial score (nSPS) is 22.0. The third-order valence-electron chi connectivity index (χ3n) is 5.38. The zero-order valence-corrected chi connectivity index (χ0v) is 14.6. The molecule has 0 radical (unpaired) electrons. The fraction of sp³-hybridized carbons (Fsp3) is 0.611. The second-order valence-electron chi connectivity index (χ2n) is 6.97. The molecule has 2 aliphatic rings. The number of rotatable bonds is 6. The average molecular weight is 344 g/mol. The summed E-state index contributed by atoms with van der Waals surface area (Å²) in [5.41, 5.74) is 0. The fourth-order valence-corrected chi connectivity index (χ4v) is 3.55. The lowest BCUT2D eigenvalue weighted by Crippen LogP contribution is -2.46. The van der Waals surface area contributed by atoms with Crippen molar-refractivity contribution in [3.05, 3.63) is 35.8 Å². The SMILES string of the molecule is Cn1c(CN2CCOC[C@@H]2CC(=O)c2ccco2)nnc1C1CCC1. The van der Waals surface area contributed by atoms with Crippen molar-refractivity contribution in [3.63, 3.8) is 0 Å². The first-order valence-corrected chi connectivity index (χ1v) is 8.99. The summed E-state index contributed by atoms with van der Waals surface area (Å²) in [6.07, 6.45) is 5.63. The third kappa shape index (κ3) is 3.39. The van der Waals surface area contributed by atoms with E-state index >= 15 is 0 Å². The summed E-state index contributed by atoms with van der Waals surface area (Å²) in [4.78, 5) is 14.6. The molecule has 2 aromatic rings. The maximum atomic E-state index is 12.4. The van der Waals surface area contributed by atoms with E-state index in [9.17, 15) is 4.79 Å². The highest BCUT2D eigenvalue weighted by molar-refractivity contribution is 5.93. The minimum Gasteiger partial charge on any atom is -0.461 e. The smallest absolute Gasteiger partial charge is 0.199 e. The minimum absolute atomic E-state index is 0.0126. The van der Waals surface area contributed by atoms with Gasteiger partial charge in [0.25, 0.3) is 0 Å². The highest BCUT2D eigenvalue weighted by atomic mass is 16.5. The molecule has 0 aromatic carbocycles. The van der Waals surface area contributed by atoms with Gasteiger partial charge in [0.2, 0.25) is 0 Å². The van der Waals surface area contributed by atoms with Crippen LogP contribution in [0, 0.1) is 0 Å². The molecule has 2 aromatic heterocycles. The largest absolute Gasteiger partial charge is 0.461 e. The number of carbonyl (C=O) groups is 1. The van der Waals surface area contributed by atoms with Gasteiger partial charge in [0, 0.05) is 32.0 Å². The molecule has 3 heterocycles. The van der Waals surface area contributed by atoms with Crippen molar-refractivity contribution in [3.8, 4) is 0 Å². The monoisotopic (exact) mass is 344 g/mol. The van der Waals surface area contributed by atoms with Gasteiger partial charge >= 0.3 is 0 Å². The van der Waals surface area contributed by atoms with Crippen LogP contribution in [0.3, 0.4) is 0 Å². The number of hydrogen-bond donors (Lipinski definition) is 0. The van der Waals surface area contributed by atoms with E-state index in [4.69, 9.17) is 9.15 Å². The van der Waals surface area contributed by atoms with Gasteiger partial charge in [-0.1, -0.05) is 6.42 Å². The Hall–Kier alpha value is -1.99. The fourth-order valence-electron chi connectivity index (χ4n) is 3.55. The second-order valence-corrected chi connectivity index (χ2v) is 6.97. The predicted octanol–water partition coefficient (Wildman–Crippen LogP) is 2.15. The molecule has 0 N–H and O–H groups in total. The quantitative estimate of drug-likeness (QED) is 0.748. The lowest BCUT2D eigenvalue weighted by Gasteiger charge is -2.34. The summed E-state index contributed by atoms with van der Waals surface area (Å²) < 4.78 is 13.0. The summed E-state index contributed by atoms with van der Waals surface area (Å²) >= 11 is 0. The van der Waals surface area contributed by atoms with E-state index < -0.39 is 0 Å². The molecule has 4 rings (SSSR count). The summed E-state index contributed by atoms with van der Waals surface area (Å²) in [6.45, 7) is 2.72. The number of nitrogens with zero attached hydrogens (tertiary/aromatic N) is 4. The second kappa shape index (κ2) is 7.09. The van der Waals surface area contributed by atoms with E-state index in [-0.39, 0.29) is 11.8 Å². The molecule has 0 unspecified atom stereocenters. The summed E-state index contributed by atoms with van der Waals surface area (Å²) in [5.74, 6) is 3.04. The van der Waals surface area contributed by atoms with Gasteiger partial charge in [-0.25, -0.2) is 0 Å². The molecule has 25 heavy (non-hydrogen) atoms. The first-order valence-electron chi connectivity index (χ1n) is 8.99. The van der Waals surface area contributed by atoms with Crippen molar-refractivity contribution in [1.82, 2.24) is 19.7 Å². The van der Waals surface area contributed by atoms with Gasteiger partial charge in [-0.05, 0) is 25.0 Å². The molecule has 0 spiro atoms. The van der Waals surface area contributed by atoms with Crippen molar-refractivity contribution in [2.45, 2.75) is 44.2 Å². The Morgan fingerprint density at radius 1 is 1.36 bits per heavy atom. The van der Waals surface area contributed by atoms with Crippen LogP contribution in [-0.4, -0.2) is 51.2 Å². The first kappa shape index (κ1) is 16.5. The van der Waals surface area contributed by atoms with Gasteiger partial charge < -0.3 is 13.7 Å². The van der Waals surface area contributed by atoms with E-state index in [2.05, 4.69) is 19.7 Å². The van der Waals surface area contributed by atoms with Gasteiger partial charge in [0.15, 0.2) is 11.5 Å². The number of ketones is 1. The molecule has 0 bridgehead atoms. The molecule has 7 heteroatoms. The van der Waals surface area contributed by atoms with E-state index in [1.165, 1.54) is 25.5 Å². The molecular formula is C18H24N4O3. The van der Waals surface area contributed by atoms with E-state index in [1.807, 2.05) is 7.05 Å². The van der Waals surface area contributed by atoms with Gasteiger partial charge in [-0.15, -0.1) is 10.2 Å². The standard InChI is InChI=1S/C18H24N4O3/c1-21-17(19-20-18(21)13-4-2-5-13)11-22-7-9-24-12-14(22)10-15(23)16-6-3-8-25-16/h3,6,8,13-14H,2,4-5,7,9-12H2,1H3/t14-/m0/s1. The average Bonchev–Trinajstić information content (AvgIpc) is 3.21. The van der Waals surface area contributed by atoms with Gasteiger partial charge in [0.1, 0.15) is 11.6 Å². The Labute approximate surface area is 147 Å². The number of morpholine rings is 1. The van der Waals surface area contributed by atoms with Crippen LogP contribution in [0.2, 0.25) is 0 Å². The molecule has 1 aliphatic heterocycles. The molecular weight excluding hydrogens is 320 g/mol. The Bertz CT molecular complexity index is 721. The van der Waals surface area contributed by atoms with Crippen molar-refractivity contribution in [2.24, 2.45) is 7.05 Å². The molecule has 1 aliphatic carbocycles. The van der Waals surface area contributed by atoms with Crippen LogP contribution in [0.1, 0.15) is 53.8 Å². The minimum atomic E-state index is 0.0126. The summed E-state index contributed by atoms with van der Waals surface area (Å²) in [7, 11) is 2.05. The first-order chi connectivity index (χ1) is 12.2. The van der Waals surface area contributed by atoms with E-state index in [1.54, 1.807) is 12.1 Å². The Morgan fingerprint density at radius 3 is 2.96 bits per heavy atom. The number of furan rings is 1. The number of carbonyl (C=O) groups excluding carboxylic acids is 1.